The van der Waals surface area contributed by atoms with E-state index in [0.29, 0.717) is 5.02 Å². The first-order chi connectivity index (χ1) is 8.54. The Morgan fingerprint density at radius 2 is 1.95 bits per heavy atom. The molecule has 1 aromatic carbocycles. The van der Waals surface area contributed by atoms with Gasteiger partial charge in [-0.15, -0.1) is 0 Å². The van der Waals surface area contributed by atoms with Gasteiger partial charge in [-0.1, -0.05) is 38.4 Å². The van der Waals surface area contributed by atoms with Crippen LogP contribution >= 0.6 is 11.6 Å². The number of hydrogen-bond acceptors (Lipinski definition) is 3. The Hall–Kier alpha value is -0.620. The highest BCUT2D eigenvalue weighted by Gasteiger charge is 2.24. The normalized spacial score (nSPS) is 14.4. The van der Waals surface area contributed by atoms with Gasteiger partial charge in [-0.25, -0.2) is 13.1 Å². The van der Waals surface area contributed by atoms with Crippen LogP contribution in [0, 0.1) is 12.3 Å². The summed E-state index contributed by atoms with van der Waals surface area (Å²) < 4.78 is 26.5. The minimum absolute atomic E-state index is 0.0304. The Kier molecular flexibility index (Phi) is 5.01. The number of rotatable bonds is 4. The van der Waals surface area contributed by atoms with Crippen molar-refractivity contribution in [2.45, 2.75) is 38.7 Å². The average Bonchev–Trinajstić information content (AvgIpc) is 2.28. The van der Waals surface area contributed by atoms with Crippen molar-refractivity contribution in [3.63, 3.8) is 0 Å². The lowest BCUT2D eigenvalue weighted by atomic mass is 9.89. The standard InChI is InChI=1S/C13H20ClNO3S/c1-9-5-6-10(7-11(9)14)19(17,18)15-8-12(16)13(2,3)4/h5-7,12,15-16H,8H2,1-4H3. The summed E-state index contributed by atoms with van der Waals surface area (Å²) in [6.45, 7) is 7.30. The second-order valence-electron chi connectivity index (χ2n) is 5.64. The molecule has 6 heteroatoms. The van der Waals surface area contributed by atoms with Crippen LogP contribution in [0.25, 0.3) is 0 Å². The number of hydrogen-bond donors (Lipinski definition) is 2. The molecule has 108 valence electrons. The first-order valence-electron chi connectivity index (χ1n) is 5.98. The maximum atomic E-state index is 12.0. The van der Waals surface area contributed by atoms with Crippen LogP contribution in [0.5, 0.6) is 0 Å². The minimum Gasteiger partial charge on any atom is -0.391 e. The summed E-state index contributed by atoms with van der Waals surface area (Å²) in [4.78, 5) is 0.101. The molecule has 0 fully saturated rings. The lowest BCUT2D eigenvalue weighted by molar-refractivity contribution is 0.0677. The topological polar surface area (TPSA) is 66.4 Å². The third-order valence-electron chi connectivity index (χ3n) is 2.92. The van der Waals surface area contributed by atoms with Crippen molar-refractivity contribution >= 4 is 21.6 Å². The van der Waals surface area contributed by atoms with Crippen LogP contribution in [0.3, 0.4) is 0 Å². The molecule has 0 saturated carbocycles. The molecule has 0 radical (unpaired) electrons. The zero-order valence-electron chi connectivity index (χ0n) is 11.6. The van der Waals surface area contributed by atoms with Gasteiger partial charge in [-0.3, -0.25) is 0 Å². The second kappa shape index (κ2) is 5.79. The number of aryl methyl sites for hydroxylation is 1. The molecule has 0 aliphatic rings. The summed E-state index contributed by atoms with van der Waals surface area (Å²) in [5.41, 5.74) is 0.434. The molecule has 1 atom stereocenters. The van der Waals surface area contributed by atoms with Gasteiger partial charge in [-0.05, 0) is 30.0 Å². The average molecular weight is 306 g/mol. The van der Waals surface area contributed by atoms with E-state index < -0.39 is 16.1 Å². The summed E-state index contributed by atoms with van der Waals surface area (Å²) >= 11 is 5.91. The highest BCUT2D eigenvalue weighted by atomic mass is 35.5. The van der Waals surface area contributed by atoms with E-state index in [1.165, 1.54) is 12.1 Å². The van der Waals surface area contributed by atoms with Crippen LogP contribution < -0.4 is 4.72 Å². The molecular weight excluding hydrogens is 286 g/mol. The number of benzene rings is 1. The lowest BCUT2D eigenvalue weighted by Gasteiger charge is -2.25. The smallest absolute Gasteiger partial charge is 0.240 e. The van der Waals surface area contributed by atoms with E-state index in [9.17, 15) is 13.5 Å². The van der Waals surface area contributed by atoms with Crippen molar-refractivity contribution < 1.29 is 13.5 Å². The number of nitrogens with one attached hydrogen (secondary N) is 1. The van der Waals surface area contributed by atoms with E-state index >= 15 is 0 Å². The predicted molar refractivity (Wildman–Crippen MR) is 76.8 cm³/mol. The maximum Gasteiger partial charge on any atom is 0.240 e. The van der Waals surface area contributed by atoms with Crippen LogP contribution in [0.4, 0.5) is 0 Å². The van der Waals surface area contributed by atoms with E-state index in [-0.39, 0.29) is 16.9 Å². The van der Waals surface area contributed by atoms with Gasteiger partial charge in [0.1, 0.15) is 0 Å². The molecule has 0 saturated heterocycles. The van der Waals surface area contributed by atoms with Gasteiger partial charge in [0, 0.05) is 11.6 Å². The molecule has 1 aromatic rings. The Labute approximate surface area is 119 Å². The molecule has 2 N–H and O–H groups in total. The highest BCUT2D eigenvalue weighted by molar-refractivity contribution is 7.89. The summed E-state index contributed by atoms with van der Waals surface area (Å²) in [5.74, 6) is 0. The van der Waals surface area contributed by atoms with Crippen LogP contribution in [0.1, 0.15) is 26.3 Å². The van der Waals surface area contributed by atoms with Gasteiger partial charge >= 0.3 is 0 Å². The first-order valence-corrected chi connectivity index (χ1v) is 7.84. The summed E-state index contributed by atoms with van der Waals surface area (Å²) in [7, 11) is -3.65. The van der Waals surface area contributed by atoms with Crippen LogP contribution in [0.2, 0.25) is 5.02 Å². The minimum atomic E-state index is -3.65. The SMILES string of the molecule is Cc1ccc(S(=O)(=O)NCC(O)C(C)(C)C)cc1Cl. The number of halogens is 1. The number of aliphatic hydroxyl groups excluding tert-OH is 1. The Morgan fingerprint density at radius 3 is 2.42 bits per heavy atom. The molecule has 4 nitrogen and oxygen atoms in total. The molecule has 0 spiro atoms. The first kappa shape index (κ1) is 16.4. The third-order valence-corrected chi connectivity index (χ3v) is 4.75. The van der Waals surface area contributed by atoms with Crippen molar-refractivity contribution in [3.8, 4) is 0 Å². The van der Waals surface area contributed by atoms with E-state index in [1.54, 1.807) is 13.0 Å². The molecule has 0 aliphatic heterocycles. The van der Waals surface area contributed by atoms with Gasteiger partial charge in [-0.2, -0.15) is 0 Å². The molecule has 19 heavy (non-hydrogen) atoms. The van der Waals surface area contributed by atoms with Crippen molar-refractivity contribution in [2.24, 2.45) is 5.41 Å². The van der Waals surface area contributed by atoms with Gasteiger partial charge in [0.05, 0.1) is 11.0 Å². The Bertz CT molecular complexity index is 549. The summed E-state index contributed by atoms with van der Waals surface area (Å²) in [5, 5.41) is 10.2. The molecule has 1 unspecified atom stereocenters. The highest BCUT2D eigenvalue weighted by Crippen LogP contribution is 2.21. The maximum absolute atomic E-state index is 12.0. The van der Waals surface area contributed by atoms with E-state index in [2.05, 4.69) is 4.72 Å². The zero-order valence-corrected chi connectivity index (χ0v) is 13.1. The fourth-order valence-corrected chi connectivity index (χ4v) is 2.63. The number of sulfonamides is 1. The van der Waals surface area contributed by atoms with Crippen molar-refractivity contribution in [2.75, 3.05) is 6.54 Å². The van der Waals surface area contributed by atoms with Crippen molar-refractivity contribution in [3.05, 3.63) is 28.8 Å². The molecule has 0 aromatic heterocycles. The van der Waals surface area contributed by atoms with Gasteiger partial charge < -0.3 is 5.11 Å². The van der Waals surface area contributed by atoms with Crippen LogP contribution in [-0.2, 0) is 10.0 Å². The monoisotopic (exact) mass is 305 g/mol. The molecular formula is C13H20ClNO3S. The fraction of sp³-hybridized carbons (Fsp3) is 0.538. The van der Waals surface area contributed by atoms with Crippen molar-refractivity contribution in [1.29, 1.82) is 0 Å². The number of aliphatic hydroxyl groups is 1. The fourth-order valence-electron chi connectivity index (χ4n) is 1.32. The Balaban J connectivity index is 2.85. The third kappa shape index (κ3) is 4.45. The van der Waals surface area contributed by atoms with E-state index in [4.69, 9.17) is 11.6 Å². The van der Waals surface area contributed by atoms with Crippen LogP contribution in [0.15, 0.2) is 23.1 Å². The van der Waals surface area contributed by atoms with E-state index in [1.807, 2.05) is 20.8 Å². The predicted octanol–water partition coefficient (Wildman–Crippen LogP) is 2.33. The molecule has 0 aliphatic carbocycles. The second-order valence-corrected chi connectivity index (χ2v) is 7.82. The summed E-state index contributed by atoms with van der Waals surface area (Å²) in [6, 6.07) is 4.55. The Morgan fingerprint density at radius 1 is 1.37 bits per heavy atom. The van der Waals surface area contributed by atoms with Crippen LogP contribution in [-0.4, -0.2) is 26.2 Å². The molecule has 1 rings (SSSR count). The molecule has 0 bridgehead atoms. The van der Waals surface area contributed by atoms with Gasteiger partial charge in [0.25, 0.3) is 0 Å². The van der Waals surface area contributed by atoms with Crippen molar-refractivity contribution in [1.82, 2.24) is 4.72 Å². The van der Waals surface area contributed by atoms with Gasteiger partial charge in [0.15, 0.2) is 0 Å². The summed E-state index contributed by atoms with van der Waals surface area (Å²) in [6.07, 6.45) is -0.761. The quantitative estimate of drug-likeness (QED) is 0.897. The largest absolute Gasteiger partial charge is 0.391 e. The zero-order chi connectivity index (χ0) is 14.8. The van der Waals surface area contributed by atoms with Gasteiger partial charge in [0.2, 0.25) is 10.0 Å². The molecule has 0 heterocycles. The molecule has 0 amide bonds. The van der Waals surface area contributed by atoms with E-state index in [0.717, 1.165) is 5.56 Å². The lowest BCUT2D eigenvalue weighted by Crippen LogP contribution is -2.39.